The van der Waals surface area contributed by atoms with Crippen LogP contribution < -0.4 is 10.2 Å². The number of nitrogens with zero attached hydrogens (tertiary/aromatic N) is 3. The van der Waals surface area contributed by atoms with Gasteiger partial charge in [0.1, 0.15) is 0 Å². The smallest absolute Gasteiger partial charge is 0.317 e. The second kappa shape index (κ2) is 9.10. The Balaban J connectivity index is 1.18. The molecule has 3 fully saturated rings. The number of hydrogen-bond acceptors (Lipinski definition) is 3. The molecule has 0 bridgehead atoms. The van der Waals surface area contributed by atoms with Crippen LogP contribution in [0.2, 0.25) is 10.0 Å². The van der Waals surface area contributed by atoms with E-state index in [1.807, 2.05) is 12.1 Å². The molecule has 7 heteroatoms. The molecule has 2 amide bonds. The third-order valence-corrected chi connectivity index (χ3v) is 7.45. The van der Waals surface area contributed by atoms with Gasteiger partial charge in [-0.25, -0.2) is 4.79 Å². The van der Waals surface area contributed by atoms with Crippen LogP contribution in [0.25, 0.3) is 0 Å². The zero-order chi connectivity index (χ0) is 19.5. The maximum atomic E-state index is 11.8. The molecule has 1 aliphatic carbocycles. The van der Waals surface area contributed by atoms with E-state index in [4.69, 9.17) is 23.2 Å². The molecule has 0 unspecified atom stereocenters. The van der Waals surface area contributed by atoms with E-state index in [1.54, 1.807) is 0 Å². The van der Waals surface area contributed by atoms with Gasteiger partial charge < -0.3 is 15.1 Å². The van der Waals surface area contributed by atoms with Crippen molar-refractivity contribution >= 4 is 34.9 Å². The van der Waals surface area contributed by atoms with E-state index in [2.05, 4.69) is 26.1 Å². The molecule has 154 valence electrons. The second-order valence-corrected chi connectivity index (χ2v) is 9.08. The highest BCUT2D eigenvalue weighted by Gasteiger charge is 2.31. The van der Waals surface area contributed by atoms with Crippen molar-refractivity contribution in [3.8, 4) is 0 Å². The van der Waals surface area contributed by atoms with Crippen molar-refractivity contribution in [3.63, 3.8) is 0 Å². The molecule has 3 aliphatic rings. The second-order valence-electron chi connectivity index (χ2n) is 8.29. The number of urea groups is 1. The number of benzene rings is 1. The molecule has 28 heavy (non-hydrogen) atoms. The highest BCUT2D eigenvalue weighted by molar-refractivity contribution is 6.43. The minimum atomic E-state index is 0.140. The average Bonchev–Trinajstić information content (AvgIpc) is 3.15. The summed E-state index contributed by atoms with van der Waals surface area (Å²) in [6.45, 7) is 7.02. The largest absolute Gasteiger partial charge is 0.368 e. The van der Waals surface area contributed by atoms with Gasteiger partial charge in [0.25, 0.3) is 0 Å². The van der Waals surface area contributed by atoms with Crippen molar-refractivity contribution in [2.45, 2.75) is 38.1 Å². The van der Waals surface area contributed by atoms with Crippen LogP contribution in [0.3, 0.4) is 0 Å². The normalized spacial score (nSPS) is 26.6. The summed E-state index contributed by atoms with van der Waals surface area (Å²) in [4.78, 5) is 18.8. The van der Waals surface area contributed by atoms with E-state index in [-0.39, 0.29) is 6.03 Å². The molecule has 0 aromatic heterocycles. The molecule has 0 atom stereocenters. The zero-order valence-corrected chi connectivity index (χ0v) is 17.9. The number of amides is 2. The number of carbonyl (C=O) groups excluding carboxylic acids is 1. The number of halogens is 2. The summed E-state index contributed by atoms with van der Waals surface area (Å²) in [7, 11) is 0. The average molecular weight is 425 g/mol. The van der Waals surface area contributed by atoms with Crippen LogP contribution in [0.1, 0.15) is 32.1 Å². The topological polar surface area (TPSA) is 38.8 Å². The Morgan fingerprint density at radius 3 is 2.43 bits per heavy atom. The number of piperazine rings is 1. The Labute approximate surface area is 177 Å². The Hall–Kier alpha value is -1.17. The van der Waals surface area contributed by atoms with Crippen molar-refractivity contribution in [1.82, 2.24) is 15.1 Å². The molecule has 2 heterocycles. The highest BCUT2D eigenvalue weighted by atomic mass is 35.5. The van der Waals surface area contributed by atoms with Gasteiger partial charge in [0.05, 0.1) is 15.7 Å². The monoisotopic (exact) mass is 424 g/mol. The fourth-order valence-corrected chi connectivity index (χ4v) is 5.31. The third kappa shape index (κ3) is 4.52. The molecule has 0 radical (unpaired) electrons. The zero-order valence-electron chi connectivity index (χ0n) is 16.4. The predicted molar refractivity (Wildman–Crippen MR) is 116 cm³/mol. The molecule has 2 aliphatic heterocycles. The maximum absolute atomic E-state index is 11.8. The van der Waals surface area contributed by atoms with E-state index in [9.17, 15) is 4.79 Å². The third-order valence-electron chi connectivity index (χ3n) is 6.64. The fourth-order valence-electron chi connectivity index (χ4n) is 4.89. The number of hydrogen-bond donors (Lipinski definition) is 1. The van der Waals surface area contributed by atoms with E-state index < -0.39 is 0 Å². The Morgan fingerprint density at radius 2 is 1.75 bits per heavy atom. The maximum Gasteiger partial charge on any atom is 0.317 e. The molecule has 1 N–H and O–H groups in total. The van der Waals surface area contributed by atoms with Crippen molar-refractivity contribution in [2.75, 3.05) is 50.7 Å². The lowest BCUT2D eigenvalue weighted by Crippen LogP contribution is -2.47. The lowest BCUT2D eigenvalue weighted by Gasteiger charge is -2.38. The summed E-state index contributed by atoms with van der Waals surface area (Å²) < 4.78 is 0. The van der Waals surface area contributed by atoms with Crippen LogP contribution in [-0.4, -0.2) is 67.7 Å². The first-order valence-corrected chi connectivity index (χ1v) is 11.3. The summed E-state index contributed by atoms with van der Waals surface area (Å²) in [5.74, 6) is 0.808. The molecule has 1 saturated carbocycles. The van der Waals surface area contributed by atoms with Crippen molar-refractivity contribution < 1.29 is 4.79 Å². The van der Waals surface area contributed by atoms with Gasteiger partial charge in [0, 0.05) is 45.3 Å². The van der Waals surface area contributed by atoms with Gasteiger partial charge in [0.15, 0.2) is 0 Å². The molecule has 1 aromatic rings. The summed E-state index contributed by atoms with van der Waals surface area (Å²) in [6.07, 6.45) is 6.12. The quantitative estimate of drug-likeness (QED) is 0.773. The molecule has 1 aromatic carbocycles. The minimum Gasteiger partial charge on any atom is -0.368 e. The van der Waals surface area contributed by atoms with E-state index in [0.29, 0.717) is 16.1 Å². The standard InChI is InChI=1S/C21H30Cl2N4O/c22-18-2-1-3-19(20(18)23)26-14-12-25(13-15-26)10-8-16-4-6-17(7-5-16)27-11-9-24-21(27)28/h1-3,16-17H,4-15H2,(H,24,28). The molecule has 4 rings (SSSR count). The van der Waals surface area contributed by atoms with Gasteiger partial charge in [-0.3, -0.25) is 4.90 Å². The summed E-state index contributed by atoms with van der Waals surface area (Å²) in [5, 5.41) is 4.22. The number of nitrogens with one attached hydrogen (secondary N) is 1. The van der Waals surface area contributed by atoms with Gasteiger partial charge in [0.2, 0.25) is 0 Å². The van der Waals surface area contributed by atoms with Crippen LogP contribution in [0.5, 0.6) is 0 Å². The van der Waals surface area contributed by atoms with Crippen LogP contribution >= 0.6 is 23.2 Å². The van der Waals surface area contributed by atoms with Gasteiger partial charge in [-0.2, -0.15) is 0 Å². The Bertz CT molecular complexity index is 685. The van der Waals surface area contributed by atoms with Crippen LogP contribution in [-0.2, 0) is 0 Å². The predicted octanol–water partition coefficient (Wildman–Crippen LogP) is 4.09. The summed E-state index contributed by atoms with van der Waals surface area (Å²) in [5.41, 5.74) is 1.05. The van der Waals surface area contributed by atoms with Crippen LogP contribution in [0.15, 0.2) is 18.2 Å². The van der Waals surface area contributed by atoms with Crippen molar-refractivity contribution in [1.29, 1.82) is 0 Å². The van der Waals surface area contributed by atoms with E-state index >= 15 is 0 Å². The van der Waals surface area contributed by atoms with Crippen LogP contribution in [0, 0.1) is 5.92 Å². The fraction of sp³-hybridized carbons (Fsp3) is 0.667. The molecular formula is C21H30Cl2N4O. The Kier molecular flexibility index (Phi) is 6.54. The number of rotatable bonds is 5. The van der Waals surface area contributed by atoms with E-state index in [0.717, 1.165) is 50.9 Å². The van der Waals surface area contributed by atoms with Crippen molar-refractivity contribution in [2.24, 2.45) is 5.92 Å². The first-order chi connectivity index (χ1) is 13.6. The van der Waals surface area contributed by atoms with Crippen LogP contribution in [0.4, 0.5) is 10.5 Å². The van der Waals surface area contributed by atoms with Gasteiger partial charge in [-0.1, -0.05) is 29.3 Å². The Morgan fingerprint density at radius 1 is 1.00 bits per heavy atom. The van der Waals surface area contributed by atoms with Gasteiger partial charge in [-0.15, -0.1) is 0 Å². The first kappa shape index (κ1) is 20.1. The van der Waals surface area contributed by atoms with E-state index in [1.165, 1.54) is 38.6 Å². The van der Waals surface area contributed by atoms with Crippen molar-refractivity contribution in [3.05, 3.63) is 28.2 Å². The molecule has 0 spiro atoms. The first-order valence-electron chi connectivity index (χ1n) is 10.6. The summed E-state index contributed by atoms with van der Waals surface area (Å²) in [6, 6.07) is 6.47. The number of carbonyl (C=O) groups is 1. The summed E-state index contributed by atoms with van der Waals surface area (Å²) >= 11 is 12.5. The molecule has 2 saturated heterocycles. The lowest BCUT2D eigenvalue weighted by atomic mass is 9.83. The molecule has 5 nitrogen and oxygen atoms in total. The van der Waals surface area contributed by atoms with Gasteiger partial charge in [-0.05, 0) is 56.7 Å². The lowest BCUT2D eigenvalue weighted by molar-refractivity contribution is 0.155. The number of anilines is 1. The SMILES string of the molecule is O=C1NCCN1C1CCC(CCN2CCN(c3cccc(Cl)c3Cl)CC2)CC1. The van der Waals surface area contributed by atoms with Gasteiger partial charge >= 0.3 is 6.03 Å². The highest BCUT2D eigenvalue weighted by Crippen LogP contribution is 2.33. The minimum absolute atomic E-state index is 0.140. The molecular weight excluding hydrogens is 395 g/mol.